The summed E-state index contributed by atoms with van der Waals surface area (Å²) in [6, 6.07) is 8.32. The molecule has 0 atom stereocenters. The van der Waals surface area contributed by atoms with E-state index in [0.29, 0.717) is 39.4 Å². The van der Waals surface area contributed by atoms with Crippen LogP contribution in [0.2, 0.25) is 0 Å². The third-order valence-corrected chi connectivity index (χ3v) is 3.86. The molecule has 1 aromatic carbocycles. The van der Waals surface area contributed by atoms with Gasteiger partial charge in [0.15, 0.2) is 12.3 Å². The Labute approximate surface area is 158 Å². The zero-order chi connectivity index (χ0) is 19.2. The summed E-state index contributed by atoms with van der Waals surface area (Å²) in [4.78, 5) is 15.8. The topological polar surface area (TPSA) is 99.9 Å². The quantitative estimate of drug-likeness (QED) is 0.384. The number of hydrogen-bond acceptors (Lipinski definition) is 8. The van der Waals surface area contributed by atoms with E-state index in [-0.39, 0.29) is 12.3 Å². The standard InChI is InChI=1S/C18H14FN3O4S/c1-24-18(23)14-10-25-16-8-12(3-4-13(14)16)26-17-5-2-11(9-21-17)15(6-7-20)22-27-19/h2-10H,20H2,1H3/b7-6-,22-15-. The van der Waals surface area contributed by atoms with Crippen molar-refractivity contribution in [2.45, 2.75) is 0 Å². The van der Waals surface area contributed by atoms with E-state index in [9.17, 15) is 8.68 Å². The summed E-state index contributed by atoms with van der Waals surface area (Å²) in [5.74, 6) is 0.320. The number of halogens is 1. The maximum absolute atomic E-state index is 12.4. The van der Waals surface area contributed by atoms with Crippen molar-refractivity contribution in [1.82, 2.24) is 4.98 Å². The summed E-state index contributed by atoms with van der Waals surface area (Å²) in [5, 5.41) is 0.621. The Morgan fingerprint density at radius 3 is 2.89 bits per heavy atom. The Hall–Kier alpha value is -3.33. The van der Waals surface area contributed by atoms with E-state index in [0.717, 1.165) is 0 Å². The summed E-state index contributed by atoms with van der Waals surface area (Å²) in [7, 11) is 1.31. The van der Waals surface area contributed by atoms with E-state index >= 15 is 0 Å². The van der Waals surface area contributed by atoms with Crippen LogP contribution in [0.25, 0.3) is 11.0 Å². The molecule has 0 aliphatic heterocycles. The Balaban J connectivity index is 1.81. The molecule has 27 heavy (non-hydrogen) atoms. The molecule has 138 valence electrons. The van der Waals surface area contributed by atoms with Crippen LogP contribution in [0.4, 0.5) is 3.89 Å². The lowest BCUT2D eigenvalue weighted by atomic mass is 10.1. The summed E-state index contributed by atoms with van der Waals surface area (Å²) in [6.07, 6.45) is 5.56. The lowest BCUT2D eigenvalue weighted by molar-refractivity contribution is 0.0602. The van der Waals surface area contributed by atoms with E-state index in [4.69, 9.17) is 19.6 Å². The molecule has 0 amide bonds. The first-order valence-corrected chi connectivity index (χ1v) is 8.31. The van der Waals surface area contributed by atoms with Gasteiger partial charge in [-0.15, -0.1) is 3.89 Å². The maximum Gasteiger partial charge on any atom is 0.341 e. The summed E-state index contributed by atoms with van der Waals surface area (Å²) in [6.45, 7) is 0. The van der Waals surface area contributed by atoms with E-state index in [1.807, 2.05) is 0 Å². The molecule has 0 saturated carbocycles. The van der Waals surface area contributed by atoms with Crippen molar-refractivity contribution in [3.63, 3.8) is 0 Å². The molecule has 0 bridgehead atoms. The van der Waals surface area contributed by atoms with Gasteiger partial charge in [-0.1, -0.05) is 0 Å². The second kappa shape index (κ2) is 8.37. The van der Waals surface area contributed by atoms with Gasteiger partial charge in [-0.05, 0) is 30.5 Å². The first-order chi connectivity index (χ1) is 13.2. The molecule has 0 spiro atoms. The number of carbonyl (C=O) groups excluding carboxylic acids is 1. The Bertz CT molecular complexity index is 1020. The summed E-state index contributed by atoms with van der Waals surface area (Å²) < 4.78 is 31.8. The van der Waals surface area contributed by atoms with Crippen LogP contribution < -0.4 is 10.5 Å². The third-order valence-electron chi connectivity index (χ3n) is 3.59. The number of methoxy groups -OCH3 is 1. The Kier molecular flexibility index (Phi) is 5.72. The Morgan fingerprint density at radius 2 is 2.22 bits per heavy atom. The summed E-state index contributed by atoms with van der Waals surface area (Å²) >= 11 is -0.163. The van der Waals surface area contributed by atoms with Crippen LogP contribution in [-0.4, -0.2) is 23.8 Å². The highest BCUT2D eigenvalue weighted by molar-refractivity contribution is 7.93. The molecule has 0 fully saturated rings. The van der Waals surface area contributed by atoms with Gasteiger partial charge in [0.1, 0.15) is 23.2 Å². The largest absolute Gasteiger partial charge is 0.465 e. The fraction of sp³-hybridized carbons (Fsp3) is 0.0556. The number of allylic oxidation sites excluding steroid dienone is 1. The molecule has 7 nitrogen and oxygen atoms in total. The predicted molar refractivity (Wildman–Crippen MR) is 100 cm³/mol. The number of pyridine rings is 1. The van der Waals surface area contributed by atoms with Crippen molar-refractivity contribution in [3.05, 3.63) is 66.2 Å². The van der Waals surface area contributed by atoms with Crippen molar-refractivity contribution < 1.29 is 22.6 Å². The molecule has 2 heterocycles. The van der Waals surface area contributed by atoms with Gasteiger partial charge in [0.05, 0.1) is 12.8 Å². The number of hydrogen-bond donors (Lipinski definition) is 1. The number of aromatic nitrogens is 1. The fourth-order valence-electron chi connectivity index (χ4n) is 2.36. The highest BCUT2D eigenvalue weighted by Crippen LogP contribution is 2.28. The second-order valence-electron chi connectivity index (χ2n) is 5.19. The van der Waals surface area contributed by atoms with Gasteiger partial charge in [-0.2, -0.15) is 4.40 Å². The van der Waals surface area contributed by atoms with E-state index in [1.165, 1.54) is 31.8 Å². The van der Waals surface area contributed by atoms with Gasteiger partial charge in [-0.3, -0.25) is 0 Å². The SMILES string of the molecule is COC(=O)c1coc2cc(Oc3ccc(C(/C=C\N)=N\SF)cn3)ccc12. The third kappa shape index (κ3) is 4.09. The molecule has 0 aliphatic carbocycles. The maximum atomic E-state index is 12.4. The predicted octanol–water partition coefficient (Wildman–Crippen LogP) is 4.20. The van der Waals surface area contributed by atoms with Crippen LogP contribution in [0.15, 0.2) is 63.9 Å². The van der Waals surface area contributed by atoms with Crippen LogP contribution in [-0.2, 0) is 4.74 Å². The van der Waals surface area contributed by atoms with Gasteiger partial charge in [0, 0.05) is 29.3 Å². The normalized spacial score (nSPS) is 11.9. The number of ether oxygens (including phenoxy) is 2. The minimum atomic E-state index is -0.477. The van der Waals surface area contributed by atoms with Gasteiger partial charge in [0.2, 0.25) is 5.88 Å². The number of nitrogens with two attached hydrogens (primary N) is 1. The number of benzene rings is 1. The fourth-order valence-corrected chi connectivity index (χ4v) is 2.60. The minimum Gasteiger partial charge on any atom is -0.465 e. The van der Waals surface area contributed by atoms with Crippen LogP contribution in [0.1, 0.15) is 15.9 Å². The second-order valence-corrected chi connectivity index (χ2v) is 5.51. The van der Waals surface area contributed by atoms with Crippen molar-refractivity contribution in [2.24, 2.45) is 10.1 Å². The van der Waals surface area contributed by atoms with Crippen molar-refractivity contribution in [3.8, 4) is 11.6 Å². The minimum absolute atomic E-state index is 0.163. The van der Waals surface area contributed by atoms with Crippen molar-refractivity contribution >= 4 is 35.0 Å². The van der Waals surface area contributed by atoms with Crippen LogP contribution in [0.5, 0.6) is 11.6 Å². The van der Waals surface area contributed by atoms with E-state index < -0.39 is 5.97 Å². The highest BCUT2D eigenvalue weighted by Gasteiger charge is 2.15. The van der Waals surface area contributed by atoms with Gasteiger partial charge < -0.3 is 19.6 Å². The lowest BCUT2D eigenvalue weighted by Crippen LogP contribution is -1.99. The molecule has 3 rings (SSSR count). The molecule has 0 radical (unpaired) electrons. The highest BCUT2D eigenvalue weighted by atomic mass is 32.2. The first-order valence-electron chi connectivity index (χ1n) is 7.64. The monoisotopic (exact) mass is 387 g/mol. The van der Waals surface area contributed by atoms with Gasteiger partial charge >= 0.3 is 5.97 Å². The van der Waals surface area contributed by atoms with Crippen molar-refractivity contribution in [1.29, 1.82) is 0 Å². The van der Waals surface area contributed by atoms with Crippen LogP contribution in [0.3, 0.4) is 0 Å². The number of carbonyl (C=O) groups is 1. The molecule has 3 aromatic rings. The molecular formula is C18H14FN3O4S. The van der Waals surface area contributed by atoms with Crippen LogP contribution >= 0.6 is 12.3 Å². The Morgan fingerprint density at radius 1 is 1.37 bits per heavy atom. The van der Waals surface area contributed by atoms with Crippen LogP contribution in [0, 0.1) is 0 Å². The molecular weight excluding hydrogens is 373 g/mol. The average molecular weight is 387 g/mol. The number of esters is 1. The molecule has 0 aliphatic rings. The number of nitrogens with zero attached hydrogens (tertiary/aromatic N) is 2. The molecule has 9 heteroatoms. The number of fused-ring (bicyclic) bond motifs is 1. The van der Waals surface area contributed by atoms with Crippen molar-refractivity contribution in [2.75, 3.05) is 7.11 Å². The molecule has 2 aromatic heterocycles. The molecule has 2 N–H and O–H groups in total. The first kappa shape index (κ1) is 18.5. The van der Waals surface area contributed by atoms with E-state index in [2.05, 4.69) is 9.38 Å². The average Bonchev–Trinajstić information content (AvgIpc) is 3.11. The summed E-state index contributed by atoms with van der Waals surface area (Å²) in [5.41, 5.74) is 7.07. The smallest absolute Gasteiger partial charge is 0.341 e. The van der Waals surface area contributed by atoms with E-state index in [1.54, 1.807) is 30.3 Å². The molecule has 0 saturated heterocycles. The lowest BCUT2D eigenvalue weighted by Gasteiger charge is -2.06. The zero-order valence-corrected chi connectivity index (χ0v) is 14.9. The zero-order valence-electron chi connectivity index (χ0n) is 14.1. The number of furan rings is 1. The van der Waals surface area contributed by atoms with Gasteiger partial charge in [0.25, 0.3) is 0 Å². The molecule has 0 unspecified atom stereocenters. The number of rotatable bonds is 6. The van der Waals surface area contributed by atoms with Gasteiger partial charge in [-0.25, -0.2) is 9.78 Å².